The summed E-state index contributed by atoms with van der Waals surface area (Å²) in [5.74, 6) is -0.707. The predicted octanol–water partition coefficient (Wildman–Crippen LogP) is 4.25. The Hall–Kier alpha value is -4.61. The molecule has 43 heavy (non-hydrogen) atoms. The fraction of sp³-hybridized carbons (Fsp3) is 0.452. The second-order valence-corrected chi connectivity index (χ2v) is 11.9. The van der Waals surface area contributed by atoms with E-state index in [1.165, 1.54) is 18.0 Å². The van der Waals surface area contributed by atoms with Gasteiger partial charge in [0.1, 0.15) is 33.8 Å². The van der Waals surface area contributed by atoms with Gasteiger partial charge >= 0.3 is 12.1 Å². The molecule has 1 saturated heterocycles. The highest BCUT2D eigenvalue weighted by Crippen LogP contribution is 2.33. The van der Waals surface area contributed by atoms with Crippen LogP contribution in [0.25, 0.3) is 11.0 Å². The second kappa shape index (κ2) is 12.7. The van der Waals surface area contributed by atoms with E-state index in [2.05, 4.69) is 10.3 Å². The molecule has 1 fully saturated rings. The molecule has 1 aliphatic heterocycles. The number of Topliss-reactive ketones (excluding diaryl/α,β-unsaturated/α-hetero) is 1. The van der Waals surface area contributed by atoms with E-state index < -0.39 is 23.2 Å². The number of amides is 1. The summed E-state index contributed by atoms with van der Waals surface area (Å²) in [6.45, 7) is 9.93. The summed E-state index contributed by atoms with van der Waals surface area (Å²) in [4.78, 5) is 58.5. The number of aromatic nitrogens is 3. The van der Waals surface area contributed by atoms with Crippen molar-refractivity contribution in [2.45, 2.75) is 72.2 Å². The van der Waals surface area contributed by atoms with E-state index in [1.807, 2.05) is 24.8 Å². The number of carboxylic acids is 1. The summed E-state index contributed by atoms with van der Waals surface area (Å²) in [7, 11) is 1.50. The summed E-state index contributed by atoms with van der Waals surface area (Å²) >= 11 is 0. The van der Waals surface area contributed by atoms with Crippen LogP contribution in [0.15, 0.2) is 47.0 Å². The smallest absolute Gasteiger partial charge is 0.407 e. The minimum absolute atomic E-state index is 0.0435. The highest BCUT2D eigenvalue weighted by Gasteiger charge is 2.33. The Kier molecular flexibility index (Phi) is 9.27. The highest BCUT2D eigenvalue weighted by atomic mass is 16.6. The molecule has 2 aromatic heterocycles. The largest absolute Gasteiger partial charge is 0.497 e. The number of ether oxygens (including phenoxy) is 2. The number of rotatable bonds is 9. The van der Waals surface area contributed by atoms with Crippen molar-refractivity contribution >= 4 is 34.7 Å². The molecule has 3 heterocycles. The summed E-state index contributed by atoms with van der Waals surface area (Å²) in [5.41, 5.74) is 0.192. The van der Waals surface area contributed by atoms with Crippen LogP contribution in [0.4, 0.5) is 10.6 Å². The Labute approximate surface area is 249 Å². The number of nitrogens with zero attached hydrogens (tertiary/aromatic N) is 4. The Bertz CT molecular complexity index is 1630. The number of hydrogen-bond donors (Lipinski definition) is 2. The van der Waals surface area contributed by atoms with Gasteiger partial charge in [-0.2, -0.15) is 0 Å². The van der Waals surface area contributed by atoms with Crippen LogP contribution in [0, 0.1) is 0 Å². The first-order valence-electron chi connectivity index (χ1n) is 14.2. The molecule has 0 bridgehead atoms. The van der Waals surface area contributed by atoms with Gasteiger partial charge in [-0.05, 0) is 59.6 Å². The molecule has 1 amide bonds. The Morgan fingerprint density at radius 2 is 1.95 bits per heavy atom. The quantitative estimate of drug-likeness (QED) is 0.275. The van der Waals surface area contributed by atoms with E-state index in [4.69, 9.17) is 9.47 Å². The van der Waals surface area contributed by atoms with Crippen LogP contribution in [0.5, 0.6) is 5.75 Å². The van der Waals surface area contributed by atoms with E-state index in [0.717, 1.165) is 5.57 Å². The Balaban J connectivity index is 1.78. The molecule has 0 saturated carbocycles. The number of alkyl carbamates (subject to hydrolysis) is 1. The molecule has 0 radical (unpaired) electrons. The number of methoxy groups -OCH3 is 1. The van der Waals surface area contributed by atoms with Crippen molar-refractivity contribution in [2.75, 3.05) is 25.1 Å². The number of piperidine rings is 1. The van der Waals surface area contributed by atoms with E-state index in [0.29, 0.717) is 43.1 Å². The fourth-order valence-corrected chi connectivity index (χ4v) is 5.15. The van der Waals surface area contributed by atoms with Crippen molar-refractivity contribution in [1.29, 1.82) is 0 Å². The summed E-state index contributed by atoms with van der Waals surface area (Å²) < 4.78 is 13.5. The zero-order valence-electron chi connectivity index (χ0n) is 25.5. The van der Waals surface area contributed by atoms with Gasteiger partial charge in [-0.1, -0.05) is 23.8 Å². The van der Waals surface area contributed by atoms with E-state index in [9.17, 15) is 24.3 Å². The van der Waals surface area contributed by atoms with Gasteiger partial charge in [-0.25, -0.2) is 14.6 Å². The highest BCUT2D eigenvalue weighted by molar-refractivity contribution is 6.07. The molecule has 1 unspecified atom stereocenters. The molecule has 1 aliphatic rings. The second-order valence-electron chi connectivity index (χ2n) is 11.9. The van der Waals surface area contributed by atoms with Gasteiger partial charge in [-0.3, -0.25) is 14.2 Å². The zero-order valence-corrected chi connectivity index (χ0v) is 25.5. The van der Waals surface area contributed by atoms with Gasteiger partial charge in [0.15, 0.2) is 5.78 Å². The number of aromatic carboxylic acids is 1. The first-order valence-corrected chi connectivity index (χ1v) is 14.2. The number of carbonyl (C=O) groups is 3. The average Bonchev–Trinajstić information content (AvgIpc) is 3.27. The van der Waals surface area contributed by atoms with Crippen molar-refractivity contribution in [3.8, 4) is 5.75 Å². The molecule has 12 nitrogen and oxygen atoms in total. The molecule has 2 N–H and O–H groups in total. The van der Waals surface area contributed by atoms with Gasteiger partial charge in [0, 0.05) is 31.2 Å². The molecule has 230 valence electrons. The predicted molar refractivity (Wildman–Crippen MR) is 162 cm³/mol. The van der Waals surface area contributed by atoms with Gasteiger partial charge in [0.05, 0.1) is 20.0 Å². The van der Waals surface area contributed by atoms with E-state index in [1.54, 1.807) is 49.6 Å². The molecule has 4 rings (SSSR count). The SMILES string of the molecule is COc1cccc(C(=O)Cn2cnc3c(C(=O)O)c(N4CCCC(NC(=O)OC(C)(C)C)C4)n(CC=C(C)C)c3c2=O)c1. The molecule has 0 aliphatic carbocycles. The van der Waals surface area contributed by atoms with Crippen molar-refractivity contribution in [3.05, 3.63) is 63.7 Å². The Morgan fingerprint density at radius 3 is 2.60 bits per heavy atom. The van der Waals surface area contributed by atoms with Gasteiger partial charge in [-0.15, -0.1) is 0 Å². The maximum absolute atomic E-state index is 13.9. The summed E-state index contributed by atoms with van der Waals surface area (Å²) in [6, 6.07) is 6.34. The van der Waals surface area contributed by atoms with E-state index >= 15 is 0 Å². The zero-order chi connectivity index (χ0) is 31.5. The molecule has 12 heteroatoms. The summed E-state index contributed by atoms with van der Waals surface area (Å²) in [5, 5.41) is 13.3. The van der Waals surface area contributed by atoms with Crippen molar-refractivity contribution < 1.29 is 29.0 Å². The van der Waals surface area contributed by atoms with Crippen LogP contribution in [0.3, 0.4) is 0 Å². The van der Waals surface area contributed by atoms with Gasteiger partial charge in [0.25, 0.3) is 5.56 Å². The minimum Gasteiger partial charge on any atom is -0.497 e. The number of fused-ring (bicyclic) bond motifs is 1. The molecule has 1 atom stereocenters. The third-order valence-electron chi connectivity index (χ3n) is 7.04. The van der Waals surface area contributed by atoms with Crippen molar-refractivity contribution in [1.82, 2.24) is 19.4 Å². The molecular weight excluding hydrogens is 554 g/mol. The van der Waals surface area contributed by atoms with Crippen LogP contribution in [-0.2, 0) is 17.8 Å². The summed E-state index contributed by atoms with van der Waals surface area (Å²) in [6.07, 6.45) is 3.92. The van der Waals surface area contributed by atoms with Crippen molar-refractivity contribution in [2.24, 2.45) is 0 Å². The minimum atomic E-state index is -1.23. The first-order chi connectivity index (χ1) is 20.3. The standard InChI is InChI=1S/C31H39N5O7/c1-19(2)12-14-36-26-25(32-18-35(28(26)38)17-23(37)20-9-7-11-22(15-20)42-6)24(29(39)40)27(36)34-13-8-10-21(16-34)33-30(41)43-31(3,4)5/h7,9,11-12,15,18,21H,8,10,13-14,16-17H2,1-6H3,(H,33,41)(H,39,40). The molecule has 0 spiro atoms. The van der Waals surface area contributed by atoms with E-state index in [-0.39, 0.29) is 41.5 Å². The van der Waals surface area contributed by atoms with Crippen LogP contribution in [-0.4, -0.2) is 68.9 Å². The lowest BCUT2D eigenvalue weighted by atomic mass is 10.1. The maximum atomic E-state index is 13.9. The molecular formula is C31H39N5O7. The number of hydrogen-bond acceptors (Lipinski definition) is 8. The Morgan fingerprint density at radius 1 is 1.21 bits per heavy atom. The maximum Gasteiger partial charge on any atom is 0.407 e. The first kappa shape index (κ1) is 31.3. The average molecular weight is 594 g/mol. The normalized spacial score (nSPS) is 15.2. The third-order valence-corrected chi connectivity index (χ3v) is 7.04. The number of carbonyl (C=O) groups excluding carboxylic acids is 2. The van der Waals surface area contributed by atoms with Crippen LogP contribution in [0.2, 0.25) is 0 Å². The van der Waals surface area contributed by atoms with Crippen LogP contribution in [0.1, 0.15) is 68.2 Å². The third kappa shape index (κ3) is 7.25. The van der Waals surface area contributed by atoms with Gasteiger partial charge < -0.3 is 29.4 Å². The topological polar surface area (TPSA) is 145 Å². The lowest BCUT2D eigenvalue weighted by Crippen LogP contribution is -2.49. The number of carboxylic acid groups (broad SMARTS) is 1. The lowest BCUT2D eigenvalue weighted by molar-refractivity contribution is 0.0498. The monoisotopic (exact) mass is 593 g/mol. The number of ketones is 1. The number of allylic oxidation sites excluding steroid dienone is 2. The molecule has 1 aromatic carbocycles. The number of anilines is 1. The van der Waals surface area contributed by atoms with Gasteiger partial charge in [0.2, 0.25) is 0 Å². The number of nitrogens with one attached hydrogen (secondary N) is 1. The number of benzene rings is 1. The van der Waals surface area contributed by atoms with Crippen LogP contribution < -0.4 is 20.5 Å². The fourth-order valence-electron chi connectivity index (χ4n) is 5.15. The van der Waals surface area contributed by atoms with Crippen LogP contribution >= 0.6 is 0 Å². The molecule has 3 aromatic rings. The lowest BCUT2D eigenvalue weighted by Gasteiger charge is -2.35. The van der Waals surface area contributed by atoms with Crippen molar-refractivity contribution in [3.63, 3.8) is 0 Å².